The Labute approximate surface area is 192 Å². The topological polar surface area (TPSA) is 105 Å². The zero-order valence-corrected chi connectivity index (χ0v) is 18.4. The number of fused-ring (bicyclic) bond motifs is 3. The molecule has 0 radical (unpaired) electrons. The van der Waals surface area contributed by atoms with Crippen LogP contribution in [0.2, 0.25) is 0 Å². The zero-order chi connectivity index (χ0) is 23.0. The molecule has 3 aliphatic carbocycles. The molecule has 1 unspecified atom stereocenters. The molecule has 7 nitrogen and oxygen atoms in total. The number of rotatable bonds is 9. The molecule has 0 bridgehead atoms. The van der Waals surface area contributed by atoms with Crippen LogP contribution in [0.3, 0.4) is 0 Å². The summed E-state index contributed by atoms with van der Waals surface area (Å²) < 4.78 is 5.56. The highest BCUT2D eigenvalue weighted by Gasteiger charge is 2.55. The zero-order valence-electron chi connectivity index (χ0n) is 18.4. The van der Waals surface area contributed by atoms with Crippen LogP contribution in [0.5, 0.6) is 0 Å². The first kappa shape index (κ1) is 21.5. The summed E-state index contributed by atoms with van der Waals surface area (Å²) in [5.74, 6) is -0.908. The molecule has 3 N–H and O–H groups in total. The molecular formula is C26H28N2O5. The second-order valence-electron chi connectivity index (χ2n) is 9.37. The first-order valence-corrected chi connectivity index (χ1v) is 11.6. The van der Waals surface area contributed by atoms with Gasteiger partial charge in [-0.15, -0.1) is 0 Å². The van der Waals surface area contributed by atoms with Crippen molar-refractivity contribution in [2.75, 3.05) is 6.61 Å². The lowest BCUT2D eigenvalue weighted by Crippen LogP contribution is -2.51. The van der Waals surface area contributed by atoms with Gasteiger partial charge >= 0.3 is 12.1 Å². The summed E-state index contributed by atoms with van der Waals surface area (Å²) in [6, 6.07) is 15.2. The van der Waals surface area contributed by atoms with Gasteiger partial charge in [0.1, 0.15) is 12.6 Å². The van der Waals surface area contributed by atoms with Gasteiger partial charge in [0.25, 0.3) is 0 Å². The standard InChI is InChI=1S/C26H28N2O5/c29-23(30)12-11-22(24(31)28-26(13-14-26)16-9-10-16)27-25(32)33-15-21-19-7-3-1-5-17(19)18-6-2-4-8-20(18)21/h1-8,16,21-22H,9-15H2,(H,27,32)(H,28,31)(H,29,30). The van der Waals surface area contributed by atoms with E-state index >= 15 is 0 Å². The fourth-order valence-corrected chi connectivity index (χ4v) is 5.06. The maximum Gasteiger partial charge on any atom is 0.407 e. The number of carbonyl (C=O) groups excluding carboxylic acids is 2. The fraction of sp³-hybridized carbons (Fsp3) is 0.423. The van der Waals surface area contributed by atoms with Crippen LogP contribution in [0, 0.1) is 5.92 Å². The molecule has 1 atom stereocenters. The number of aliphatic carboxylic acids is 1. The van der Waals surface area contributed by atoms with Crippen LogP contribution in [-0.2, 0) is 14.3 Å². The van der Waals surface area contributed by atoms with Crippen molar-refractivity contribution in [3.63, 3.8) is 0 Å². The Hall–Kier alpha value is -3.35. The van der Waals surface area contributed by atoms with Crippen LogP contribution in [0.15, 0.2) is 48.5 Å². The lowest BCUT2D eigenvalue weighted by molar-refractivity contribution is -0.137. The first-order valence-electron chi connectivity index (χ1n) is 11.6. The minimum atomic E-state index is -1.01. The molecule has 2 amide bonds. The van der Waals surface area contributed by atoms with Crippen molar-refractivity contribution >= 4 is 18.0 Å². The number of carboxylic acids is 1. The van der Waals surface area contributed by atoms with Gasteiger partial charge < -0.3 is 20.5 Å². The van der Waals surface area contributed by atoms with Crippen molar-refractivity contribution in [2.45, 2.75) is 56.0 Å². The predicted octanol–water partition coefficient (Wildman–Crippen LogP) is 3.82. The van der Waals surface area contributed by atoms with Crippen LogP contribution < -0.4 is 10.6 Å². The summed E-state index contributed by atoms with van der Waals surface area (Å²) in [6.07, 6.45) is 3.21. The van der Waals surface area contributed by atoms with E-state index in [-0.39, 0.29) is 36.8 Å². The summed E-state index contributed by atoms with van der Waals surface area (Å²) in [6.45, 7) is 0.138. The molecule has 0 aromatic heterocycles. The Morgan fingerprint density at radius 3 is 2.15 bits per heavy atom. The molecule has 2 aromatic rings. The van der Waals surface area contributed by atoms with Gasteiger partial charge in [-0.2, -0.15) is 0 Å². The summed E-state index contributed by atoms with van der Waals surface area (Å²) in [4.78, 5) is 36.6. The van der Waals surface area contributed by atoms with Gasteiger partial charge in [-0.1, -0.05) is 48.5 Å². The van der Waals surface area contributed by atoms with Crippen molar-refractivity contribution < 1.29 is 24.2 Å². The van der Waals surface area contributed by atoms with E-state index in [2.05, 4.69) is 22.8 Å². The summed E-state index contributed by atoms with van der Waals surface area (Å²) in [7, 11) is 0. The lowest BCUT2D eigenvalue weighted by atomic mass is 9.98. The number of carbonyl (C=O) groups is 3. The Kier molecular flexibility index (Phi) is 5.56. The molecule has 0 heterocycles. The van der Waals surface area contributed by atoms with E-state index in [4.69, 9.17) is 9.84 Å². The maximum atomic E-state index is 12.9. The molecule has 33 heavy (non-hydrogen) atoms. The highest BCUT2D eigenvalue weighted by atomic mass is 16.5. The van der Waals surface area contributed by atoms with E-state index in [1.54, 1.807) is 0 Å². The van der Waals surface area contributed by atoms with E-state index < -0.39 is 18.1 Å². The predicted molar refractivity (Wildman–Crippen MR) is 122 cm³/mol. The van der Waals surface area contributed by atoms with Crippen molar-refractivity contribution in [3.8, 4) is 11.1 Å². The van der Waals surface area contributed by atoms with Crippen LogP contribution >= 0.6 is 0 Å². The van der Waals surface area contributed by atoms with Crippen molar-refractivity contribution in [2.24, 2.45) is 5.92 Å². The number of ether oxygens (including phenoxy) is 1. The molecule has 3 aliphatic rings. The number of carboxylic acid groups (broad SMARTS) is 1. The third-order valence-corrected chi connectivity index (χ3v) is 7.12. The SMILES string of the molecule is O=C(O)CCC(NC(=O)OCC1c2ccccc2-c2ccccc21)C(=O)NC1(C2CC2)CC1. The van der Waals surface area contributed by atoms with Crippen molar-refractivity contribution in [3.05, 3.63) is 59.7 Å². The van der Waals surface area contributed by atoms with Gasteiger partial charge in [0.15, 0.2) is 0 Å². The minimum Gasteiger partial charge on any atom is -0.481 e. The largest absolute Gasteiger partial charge is 0.481 e. The highest BCUT2D eigenvalue weighted by molar-refractivity contribution is 5.87. The third-order valence-electron chi connectivity index (χ3n) is 7.12. The van der Waals surface area contributed by atoms with Crippen LogP contribution in [0.25, 0.3) is 11.1 Å². The number of nitrogens with one attached hydrogen (secondary N) is 2. The van der Waals surface area contributed by atoms with Crippen LogP contribution in [0.4, 0.5) is 4.79 Å². The first-order chi connectivity index (χ1) is 16.0. The molecular weight excluding hydrogens is 420 g/mol. The second-order valence-corrected chi connectivity index (χ2v) is 9.37. The molecule has 7 heteroatoms. The lowest BCUT2D eigenvalue weighted by Gasteiger charge is -2.23. The van der Waals surface area contributed by atoms with Gasteiger partial charge in [0.2, 0.25) is 5.91 Å². The average Bonchev–Trinajstić information content (AvgIpc) is 3.73. The molecule has 2 saturated carbocycles. The summed E-state index contributed by atoms with van der Waals surface area (Å²) in [5, 5.41) is 14.8. The quantitative estimate of drug-likeness (QED) is 0.541. The molecule has 0 aliphatic heterocycles. The van der Waals surface area contributed by atoms with E-state index in [0.717, 1.165) is 47.9 Å². The number of amides is 2. The number of hydrogen-bond acceptors (Lipinski definition) is 4. The number of hydrogen-bond donors (Lipinski definition) is 3. The normalized spacial score (nSPS) is 18.5. The van der Waals surface area contributed by atoms with Gasteiger partial charge in [-0.25, -0.2) is 4.79 Å². The van der Waals surface area contributed by atoms with Crippen LogP contribution in [0.1, 0.15) is 55.6 Å². The monoisotopic (exact) mass is 448 g/mol. The second kappa shape index (κ2) is 8.54. The van der Waals surface area contributed by atoms with E-state index in [1.165, 1.54) is 0 Å². The molecule has 2 aromatic carbocycles. The van der Waals surface area contributed by atoms with E-state index in [0.29, 0.717) is 5.92 Å². The smallest absolute Gasteiger partial charge is 0.407 e. The Morgan fingerprint density at radius 2 is 1.61 bits per heavy atom. The number of benzene rings is 2. The molecule has 2 fully saturated rings. The molecule has 5 rings (SSSR count). The third kappa shape index (κ3) is 4.45. The molecule has 0 spiro atoms. The van der Waals surface area contributed by atoms with E-state index in [1.807, 2.05) is 36.4 Å². The summed E-state index contributed by atoms with van der Waals surface area (Å²) in [5.41, 5.74) is 4.33. The van der Waals surface area contributed by atoms with Crippen molar-refractivity contribution in [1.29, 1.82) is 0 Å². The van der Waals surface area contributed by atoms with E-state index in [9.17, 15) is 14.4 Å². The van der Waals surface area contributed by atoms with Gasteiger partial charge in [0.05, 0.1) is 0 Å². The molecule has 0 saturated heterocycles. The summed E-state index contributed by atoms with van der Waals surface area (Å²) >= 11 is 0. The van der Waals surface area contributed by atoms with Crippen LogP contribution in [-0.4, -0.2) is 41.3 Å². The van der Waals surface area contributed by atoms with Gasteiger partial charge in [0, 0.05) is 17.9 Å². The molecule has 172 valence electrons. The minimum absolute atomic E-state index is 0.0199. The average molecular weight is 449 g/mol. The van der Waals surface area contributed by atoms with Gasteiger partial charge in [-0.05, 0) is 60.3 Å². The fourth-order valence-electron chi connectivity index (χ4n) is 5.06. The van der Waals surface area contributed by atoms with Crippen molar-refractivity contribution in [1.82, 2.24) is 10.6 Å². The Morgan fingerprint density at radius 1 is 1.00 bits per heavy atom. The highest BCUT2D eigenvalue weighted by Crippen LogP contribution is 2.53. The maximum absolute atomic E-state index is 12.9. The Bertz CT molecular complexity index is 1040. The van der Waals surface area contributed by atoms with Gasteiger partial charge in [-0.3, -0.25) is 9.59 Å². The Balaban J connectivity index is 1.23. The number of alkyl carbamates (subject to hydrolysis) is 1.